The van der Waals surface area contributed by atoms with Crippen molar-refractivity contribution in [2.24, 2.45) is 0 Å². The molecule has 0 aromatic heterocycles. The van der Waals surface area contributed by atoms with E-state index < -0.39 is 16.1 Å². The second kappa shape index (κ2) is 6.30. The van der Waals surface area contributed by atoms with Gasteiger partial charge in [-0.15, -0.1) is 0 Å². The maximum atomic E-state index is 11.0. The lowest BCUT2D eigenvalue weighted by molar-refractivity contribution is -0.384. The Morgan fingerprint density at radius 2 is 1.76 bits per heavy atom. The number of non-ortho nitro benzene ring substituents is 1. The van der Waals surface area contributed by atoms with Gasteiger partial charge in [-0.1, -0.05) is 6.92 Å². The van der Waals surface area contributed by atoms with Crippen molar-refractivity contribution in [3.63, 3.8) is 0 Å². The van der Waals surface area contributed by atoms with Crippen molar-refractivity contribution in [3.8, 4) is 0 Å². The molecule has 0 aliphatic heterocycles. The molecule has 0 heterocycles. The molecule has 0 saturated carbocycles. The number of nitrogens with zero attached hydrogens (tertiary/aromatic N) is 1. The van der Waals surface area contributed by atoms with Crippen molar-refractivity contribution in [2.45, 2.75) is 52.2 Å². The average Bonchev–Trinajstić information content (AvgIpc) is 2.34. The van der Waals surface area contributed by atoms with Crippen LogP contribution in [0.1, 0.15) is 41.0 Å². The Balaban J connectivity index is 3.11. The minimum atomic E-state index is -0.978. The molecule has 0 spiro atoms. The molecule has 6 heteroatoms. The molecule has 0 amide bonds. The summed E-state index contributed by atoms with van der Waals surface area (Å²) < 4.78 is 0. The molecule has 0 aliphatic rings. The number of benzene rings is 1. The second-order valence-electron chi connectivity index (χ2n) is 6.26. The van der Waals surface area contributed by atoms with Crippen LogP contribution < -0.4 is 10.6 Å². The van der Waals surface area contributed by atoms with E-state index in [9.17, 15) is 15.2 Å². The zero-order valence-corrected chi connectivity index (χ0v) is 13.4. The Kier molecular flexibility index (Phi) is 5.17. The Bertz CT molecular complexity index is 507. The molecule has 1 aromatic rings. The van der Waals surface area contributed by atoms with Crippen molar-refractivity contribution >= 4 is 17.1 Å². The molecule has 6 nitrogen and oxygen atoms in total. The first-order valence-electron chi connectivity index (χ1n) is 7.11. The number of aliphatic hydroxyl groups is 1. The van der Waals surface area contributed by atoms with Crippen LogP contribution in [-0.2, 0) is 0 Å². The molecule has 0 aliphatic carbocycles. The number of hydrogen-bond donors (Lipinski definition) is 3. The fourth-order valence-electron chi connectivity index (χ4n) is 1.67. The number of nitrogens with one attached hydrogen (secondary N) is 2. The van der Waals surface area contributed by atoms with E-state index in [1.165, 1.54) is 12.1 Å². The van der Waals surface area contributed by atoms with Crippen LogP contribution in [-0.4, -0.2) is 27.7 Å². The summed E-state index contributed by atoms with van der Waals surface area (Å²) >= 11 is 0. The molecule has 0 fully saturated rings. The van der Waals surface area contributed by atoms with Gasteiger partial charge in [0.15, 0.2) is 0 Å². The lowest BCUT2D eigenvalue weighted by atomic mass is 9.85. The number of nitro benzene ring substituents is 1. The maximum Gasteiger partial charge on any atom is 0.273 e. The van der Waals surface area contributed by atoms with Crippen LogP contribution in [0.4, 0.5) is 17.1 Å². The first-order valence-corrected chi connectivity index (χ1v) is 7.11. The largest absolute Gasteiger partial charge is 0.388 e. The van der Waals surface area contributed by atoms with Gasteiger partial charge in [-0.05, 0) is 40.2 Å². The van der Waals surface area contributed by atoms with Gasteiger partial charge in [-0.25, -0.2) is 0 Å². The number of rotatable bonds is 7. The van der Waals surface area contributed by atoms with Crippen molar-refractivity contribution in [3.05, 3.63) is 28.3 Å². The van der Waals surface area contributed by atoms with Crippen LogP contribution in [0.15, 0.2) is 18.2 Å². The van der Waals surface area contributed by atoms with Crippen LogP contribution in [0.3, 0.4) is 0 Å². The summed E-state index contributed by atoms with van der Waals surface area (Å²) in [6, 6.07) is 4.80. The topological polar surface area (TPSA) is 87.4 Å². The zero-order chi connectivity index (χ0) is 16.3. The molecule has 0 unspecified atom stereocenters. The van der Waals surface area contributed by atoms with Crippen molar-refractivity contribution in [2.75, 3.05) is 17.2 Å². The smallest absolute Gasteiger partial charge is 0.273 e. The van der Waals surface area contributed by atoms with Crippen LogP contribution >= 0.6 is 0 Å². The molecule has 0 bridgehead atoms. The second-order valence-corrected chi connectivity index (χ2v) is 6.26. The Morgan fingerprint density at radius 3 is 2.24 bits per heavy atom. The molecule has 1 aromatic carbocycles. The standard InChI is InChI=1S/C15H25N3O3/c1-6-7-16-11-8-12(10-13(9-11)18(20)21)17-14(2,3)15(4,5)19/h8-10,16-17,19H,6-7H2,1-5H3. The molecule has 1 rings (SSSR count). The number of nitro groups is 1. The minimum Gasteiger partial charge on any atom is -0.388 e. The van der Waals surface area contributed by atoms with Crippen LogP contribution in [0, 0.1) is 10.1 Å². The van der Waals surface area contributed by atoms with Gasteiger partial charge in [-0.3, -0.25) is 10.1 Å². The average molecular weight is 295 g/mol. The lowest BCUT2D eigenvalue weighted by Crippen LogP contribution is -2.51. The Labute approximate surface area is 125 Å². The van der Waals surface area contributed by atoms with E-state index in [1.54, 1.807) is 13.8 Å². The lowest BCUT2D eigenvalue weighted by Gasteiger charge is -2.38. The third kappa shape index (κ3) is 4.60. The van der Waals surface area contributed by atoms with Gasteiger partial charge in [0.25, 0.3) is 5.69 Å². The van der Waals surface area contributed by atoms with Crippen molar-refractivity contribution < 1.29 is 10.0 Å². The molecule has 0 radical (unpaired) electrons. The van der Waals surface area contributed by atoms with Gasteiger partial charge in [0.05, 0.1) is 16.1 Å². The highest BCUT2D eigenvalue weighted by molar-refractivity contribution is 5.64. The highest BCUT2D eigenvalue weighted by Gasteiger charge is 2.35. The van der Waals surface area contributed by atoms with Crippen LogP contribution in [0.5, 0.6) is 0 Å². The van der Waals surface area contributed by atoms with Gasteiger partial charge >= 0.3 is 0 Å². The van der Waals surface area contributed by atoms with E-state index in [4.69, 9.17) is 0 Å². The van der Waals surface area contributed by atoms with Gasteiger partial charge in [-0.2, -0.15) is 0 Å². The molecule has 118 valence electrons. The van der Waals surface area contributed by atoms with Crippen molar-refractivity contribution in [1.82, 2.24) is 0 Å². The van der Waals surface area contributed by atoms with E-state index >= 15 is 0 Å². The molecular formula is C15H25N3O3. The number of hydrogen-bond acceptors (Lipinski definition) is 5. The normalized spacial score (nSPS) is 12.1. The highest BCUT2D eigenvalue weighted by atomic mass is 16.6. The molecule has 0 saturated heterocycles. The third-order valence-corrected chi connectivity index (χ3v) is 3.69. The summed E-state index contributed by atoms with van der Waals surface area (Å²) in [5.74, 6) is 0. The van der Waals surface area contributed by atoms with Gasteiger partial charge < -0.3 is 15.7 Å². The summed E-state index contributed by atoms with van der Waals surface area (Å²) in [5, 5.41) is 27.5. The van der Waals surface area contributed by atoms with Gasteiger partial charge in [0.2, 0.25) is 0 Å². The van der Waals surface area contributed by atoms with Crippen LogP contribution in [0.25, 0.3) is 0 Å². The molecule has 0 atom stereocenters. The quantitative estimate of drug-likeness (QED) is 0.530. The fourth-order valence-corrected chi connectivity index (χ4v) is 1.67. The molecular weight excluding hydrogens is 270 g/mol. The predicted octanol–water partition coefficient (Wildman–Crippen LogP) is 3.38. The van der Waals surface area contributed by atoms with E-state index in [0.717, 1.165) is 13.0 Å². The first-order chi connectivity index (χ1) is 9.56. The summed E-state index contributed by atoms with van der Waals surface area (Å²) in [4.78, 5) is 10.6. The molecule has 21 heavy (non-hydrogen) atoms. The fraction of sp³-hybridized carbons (Fsp3) is 0.600. The van der Waals surface area contributed by atoms with E-state index in [2.05, 4.69) is 10.6 Å². The minimum absolute atomic E-state index is 0.0187. The number of anilines is 2. The van der Waals surface area contributed by atoms with E-state index in [-0.39, 0.29) is 5.69 Å². The maximum absolute atomic E-state index is 11.0. The summed E-state index contributed by atoms with van der Waals surface area (Å²) in [6.45, 7) is 9.88. The van der Waals surface area contributed by atoms with E-state index in [0.29, 0.717) is 11.4 Å². The highest BCUT2D eigenvalue weighted by Crippen LogP contribution is 2.30. The summed E-state index contributed by atoms with van der Waals surface area (Å²) in [5.41, 5.74) is -0.293. The monoisotopic (exact) mass is 295 g/mol. The Morgan fingerprint density at radius 1 is 1.19 bits per heavy atom. The summed E-state index contributed by atoms with van der Waals surface area (Å²) in [6.07, 6.45) is 0.931. The predicted molar refractivity (Wildman–Crippen MR) is 85.9 cm³/mol. The van der Waals surface area contributed by atoms with E-state index in [1.807, 2.05) is 26.8 Å². The first kappa shape index (κ1) is 17.2. The van der Waals surface area contributed by atoms with Gasteiger partial charge in [0.1, 0.15) is 0 Å². The summed E-state index contributed by atoms with van der Waals surface area (Å²) in [7, 11) is 0. The SMILES string of the molecule is CCCNc1cc(NC(C)(C)C(C)(C)O)cc([N+](=O)[O-])c1. The third-order valence-electron chi connectivity index (χ3n) is 3.69. The molecule has 3 N–H and O–H groups in total. The van der Waals surface area contributed by atoms with Crippen molar-refractivity contribution in [1.29, 1.82) is 0 Å². The van der Waals surface area contributed by atoms with Gasteiger partial charge in [0, 0.05) is 30.1 Å². The zero-order valence-electron chi connectivity index (χ0n) is 13.4. The Hall–Kier alpha value is -1.82. The van der Waals surface area contributed by atoms with Crippen LogP contribution in [0.2, 0.25) is 0 Å².